The number of halogens is 3. The first-order valence-electron chi connectivity index (χ1n) is 3.15. The highest BCUT2D eigenvalue weighted by Crippen LogP contribution is 2.24. The van der Waals surface area contributed by atoms with Gasteiger partial charge < -0.3 is 5.32 Å². The molecule has 0 aromatic heterocycles. The lowest BCUT2D eigenvalue weighted by atomic mass is 10.2. The first kappa shape index (κ1) is 10.3. The largest absolute Gasteiger partial charge is 0.393 e. The van der Waals surface area contributed by atoms with Gasteiger partial charge in [-0.05, 0) is 0 Å². The summed E-state index contributed by atoms with van der Waals surface area (Å²) in [7, 11) is 0. The van der Waals surface area contributed by atoms with Crippen molar-refractivity contribution in [1.29, 1.82) is 0 Å². The van der Waals surface area contributed by atoms with E-state index in [1.807, 2.05) is 0 Å². The molecule has 1 N–H and O–H groups in total. The molecule has 0 fully saturated rings. The number of hydrogen-bond donors (Lipinski definition) is 1. The predicted molar refractivity (Wildman–Crippen MR) is 33.9 cm³/mol. The first-order valence-corrected chi connectivity index (χ1v) is 3.15. The van der Waals surface area contributed by atoms with E-state index in [4.69, 9.17) is 0 Å². The van der Waals surface area contributed by atoms with Crippen LogP contribution in [0.1, 0.15) is 13.8 Å². The minimum atomic E-state index is -4.22. The molecular weight excluding hydrogens is 159 g/mol. The second-order valence-electron chi connectivity index (χ2n) is 2.38. The monoisotopic (exact) mass is 169 g/mol. The third-order valence-corrected chi connectivity index (χ3v) is 1.22. The molecule has 0 aliphatic heterocycles. The van der Waals surface area contributed by atoms with Gasteiger partial charge in [0, 0.05) is 13.5 Å². The van der Waals surface area contributed by atoms with Crippen molar-refractivity contribution in [3.63, 3.8) is 0 Å². The molecule has 66 valence electrons. The average molecular weight is 169 g/mol. The van der Waals surface area contributed by atoms with Crippen LogP contribution in [-0.4, -0.2) is 18.6 Å². The maximum atomic E-state index is 11.7. The van der Waals surface area contributed by atoms with Gasteiger partial charge in [0.1, 0.15) is 0 Å². The number of carbonyl (C=O) groups is 1. The van der Waals surface area contributed by atoms with E-state index in [1.54, 1.807) is 0 Å². The first-order chi connectivity index (χ1) is 4.84. The average Bonchev–Trinajstić information content (AvgIpc) is 1.80. The van der Waals surface area contributed by atoms with Crippen LogP contribution in [0, 0.1) is 5.92 Å². The topological polar surface area (TPSA) is 29.1 Å². The van der Waals surface area contributed by atoms with Gasteiger partial charge in [-0.15, -0.1) is 0 Å². The van der Waals surface area contributed by atoms with E-state index in [2.05, 4.69) is 5.32 Å². The molecule has 0 radical (unpaired) electrons. The van der Waals surface area contributed by atoms with Crippen molar-refractivity contribution < 1.29 is 18.0 Å². The number of rotatable bonds is 2. The Morgan fingerprint density at radius 3 is 2.27 bits per heavy atom. The van der Waals surface area contributed by atoms with E-state index in [0.717, 1.165) is 6.92 Å². The van der Waals surface area contributed by atoms with Crippen LogP contribution in [-0.2, 0) is 4.79 Å². The molecule has 1 atom stereocenters. The Morgan fingerprint density at radius 2 is 2.00 bits per heavy atom. The molecule has 0 spiro atoms. The van der Waals surface area contributed by atoms with E-state index in [1.165, 1.54) is 6.92 Å². The van der Waals surface area contributed by atoms with Gasteiger partial charge in [-0.2, -0.15) is 13.2 Å². The molecule has 0 saturated carbocycles. The zero-order valence-electron chi connectivity index (χ0n) is 6.33. The predicted octanol–water partition coefficient (Wildman–Crippen LogP) is 1.32. The fourth-order valence-corrected chi connectivity index (χ4v) is 0.413. The molecule has 0 saturated heterocycles. The number of alkyl halides is 3. The van der Waals surface area contributed by atoms with Crippen molar-refractivity contribution in [2.75, 3.05) is 6.54 Å². The van der Waals surface area contributed by atoms with E-state index in [9.17, 15) is 18.0 Å². The Kier molecular flexibility index (Phi) is 3.35. The van der Waals surface area contributed by atoms with Gasteiger partial charge in [0.2, 0.25) is 5.91 Å². The van der Waals surface area contributed by atoms with Crippen LogP contribution in [0.15, 0.2) is 0 Å². The highest BCUT2D eigenvalue weighted by molar-refractivity contribution is 5.72. The van der Waals surface area contributed by atoms with Gasteiger partial charge in [0.25, 0.3) is 0 Å². The zero-order valence-corrected chi connectivity index (χ0v) is 6.33. The molecule has 1 unspecified atom stereocenters. The fraction of sp³-hybridized carbons (Fsp3) is 0.833. The number of hydrogen-bond acceptors (Lipinski definition) is 1. The lowest BCUT2D eigenvalue weighted by Crippen LogP contribution is -2.33. The Labute approximate surface area is 62.8 Å². The van der Waals surface area contributed by atoms with E-state index < -0.39 is 18.0 Å². The summed E-state index contributed by atoms with van der Waals surface area (Å²) < 4.78 is 35.2. The van der Waals surface area contributed by atoms with Crippen LogP contribution in [0.3, 0.4) is 0 Å². The van der Waals surface area contributed by atoms with E-state index >= 15 is 0 Å². The van der Waals surface area contributed by atoms with Gasteiger partial charge in [0.15, 0.2) is 0 Å². The molecule has 0 rings (SSSR count). The summed E-state index contributed by atoms with van der Waals surface area (Å²) in [5.74, 6) is -1.92. The van der Waals surface area contributed by atoms with Crippen LogP contribution >= 0.6 is 0 Å². The second-order valence-corrected chi connectivity index (χ2v) is 2.38. The molecule has 11 heavy (non-hydrogen) atoms. The Balaban J connectivity index is 3.70. The summed E-state index contributed by atoms with van der Waals surface area (Å²) >= 11 is 0. The van der Waals surface area contributed by atoms with Crippen molar-refractivity contribution in [2.45, 2.75) is 20.0 Å². The van der Waals surface area contributed by atoms with Gasteiger partial charge in [0.05, 0.1) is 5.92 Å². The summed E-state index contributed by atoms with van der Waals surface area (Å²) in [5, 5.41) is 2.09. The van der Waals surface area contributed by atoms with Crippen LogP contribution < -0.4 is 5.32 Å². The molecule has 5 heteroatoms. The van der Waals surface area contributed by atoms with Crippen molar-refractivity contribution in [3.8, 4) is 0 Å². The van der Waals surface area contributed by atoms with E-state index in [-0.39, 0.29) is 6.54 Å². The molecule has 0 aliphatic carbocycles. The lowest BCUT2D eigenvalue weighted by molar-refractivity contribution is -0.168. The highest BCUT2D eigenvalue weighted by Gasteiger charge is 2.35. The lowest BCUT2D eigenvalue weighted by Gasteiger charge is -2.14. The number of amides is 1. The van der Waals surface area contributed by atoms with Gasteiger partial charge in [-0.3, -0.25) is 4.79 Å². The van der Waals surface area contributed by atoms with Crippen molar-refractivity contribution in [2.24, 2.45) is 5.92 Å². The van der Waals surface area contributed by atoms with Crippen LogP contribution in [0.2, 0.25) is 0 Å². The van der Waals surface area contributed by atoms with Crippen molar-refractivity contribution in [1.82, 2.24) is 5.32 Å². The fourth-order valence-electron chi connectivity index (χ4n) is 0.413. The molecule has 0 heterocycles. The Morgan fingerprint density at radius 1 is 1.55 bits per heavy atom. The molecule has 2 nitrogen and oxygen atoms in total. The molecule has 0 aromatic rings. The van der Waals surface area contributed by atoms with Crippen LogP contribution in [0.25, 0.3) is 0 Å². The van der Waals surface area contributed by atoms with Crippen molar-refractivity contribution in [3.05, 3.63) is 0 Å². The third-order valence-electron chi connectivity index (χ3n) is 1.22. The molecule has 0 aliphatic rings. The Bertz CT molecular complexity index is 143. The normalized spacial score (nSPS) is 14.3. The Hall–Kier alpha value is -0.740. The summed E-state index contributed by atoms with van der Waals surface area (Å²) in [6, 6.07) is 0. The van der Waals surface area contributed by atoms with Crippen LogP contribution in [0.5, 0.6) is 0 Å². The number of carbonyl (C=O) groups excluding carboxylic acids is 1. The summed E-state index contributed by atoms with van der Waals surface area (Å²) in [6.07, 6.45) is -4.22. The van der Waals surface area contributed by atoms with Crippen LogP contribution in [0.4, 0.5) is 13.2 Å². The molecular formula is C6H10F3NO. The molecule has 1 amide bonds. The summed E-state index contributed by atoms with van der Waals surface area (Å²) in [5.41, 5.74) is 0. The quantitative estimate of drug-likeness (QED) is 0.663. The van der Waals surface area contributed by atoms with Gasteiger partial charge >= 0.3 is 6.18 Å². The number of nitrogens with one attached hydrogen (secondary N) is 1. The maximum absolute atomic E-state index is 11.7. The highest BCUT2D eigenvalue weighted by atomic mass is 19.4. The van der Waals surface area contributed by atoms with Crippen molar-refractivity contribution >= 4 is 5.91 Å². The van der Waals surface area contributed by atoms with Gasteiger partial charge in [-0.25, -0.2) is 0 Å². The minimum Gasteiger partial charge on any atom is -0.356 e. The maximum Gasteiger partial charge on any atom is 0.393 e. The summed E-state index contributed by atoms with van der Waals surface area (Å²) in [4.78, 5) is 10.2. The van der Waals surface area contributed by atoms with E-state index in [0.29, 0.717) is 0 Å². The standard InChI is InChI=1S/C6H10F3NO/c1-4(6(7,8)9)3-10-5(2)11/h4H,3H2,1-2H3,(H,10,11). The molecule has 0 aromatic carbocycles. The third kappa shape index (κ3) is 4.64. The minimum absolute atomic E-state index is 0.348. The molecule has 0 bridgehead atoms. The van der Waals surface area contributed by atoms with Gasteiger partial charge in [-0.1, -0.05) is 6.92 Å². The summed E-state index contributed by atoms with van der Waals surface area (Å²) in [6.45, 7) is 1.86. The second kappa shape index (κ2) is 3.59. The smallest absolute Gasteiger partial charge is 0.356 e. The zero-order chi connectivity index (χ0) is 9.07. The SMILES string of the molecule is CC(=O)NCC(C)C(F)(F)F.